The number of morpholine rings is 1. The lowest BCUT2D eigenvalue weighted by molar-refractivity contribution is -0.0460. The van der Waals surface area contributed by atoms with Gasteiger partial charge in [0.2, 0.25) is 0 Å². The van der Waals surface area contributed by atoms with Gasteiger partial charge in [-0.15, -0.1) is 12.4 Å². The Balaban J connectivity index is 0.00000243. The van der Waals surface area contributed by atoms with Gasteiger partial charge in [0.25, 0.3) is 0 Å². The zero-order chi connectivity index (χ0) is 17.6. The van der Waals surface area contributed by atoms with E-state index in [0.717, 1.165) is 23.4 Å². The predicted molar refractivity (Wildman–Crippen MR) is 101 cm³/mol. The summed E-state index contributed by atoms with van der Waals surface area (Å²) < 4.78 is 24.9. The number of hydrogen-bond acceptors (Lipinski definition) is 4. The van der Waals surface area contributed by atoms with Crippen molar-refractivity contribution in [1.82, 2.24) is 4.90 Å². The quantitative estimate of drug-likeness (QED) is 0.833. The molecule has 0 spiro atoms. The number of ether oxygens (including phenoxy) is 2. The summed E-state index contributed by atoms with van der Waals surface area (Å²) in [6.07, 6.45) is -0.764. The molecule has 1 fully saturated rings. The van der Waals surface area contributed by atoms with Gasteiger partial charge in [0.1, 0.15) is 24.3 Å². The van der Waals surface area contributed by atoms with Crippen molar-refractivity contribution in [2.24, 2.45) is 0 Å². The number of rotatable bonds is 6. The van der Waals surface area contributed by atoms with Crippen LogP contribution in [0.5, 0.6) is 5.75 Å². The van der Waals surface area contributed by atoms with Crippen molar-refractivity contribution in [3.63, 3.8) is 0 Å². The third-order valence-electron chi connectivity index (χ3n) is 4.36. The van der Waals surface area contributed by atoms with Crippen LogP contribution in [-0.2, 0) is 4.74 Å². The first-order valence-electron chi connectivity index (χ1n) is 8.58. The van der Waals surface area contributed by atoms with E-state index >= 15 is 0 Å². The minimum atomic E-state index is -0.592. The van der Waals surface area contributed by atoms with Gasteiger partial charge in [0, 0.05) is 19.6 Å². The van der Waals surface area contributed by atoms with Gasteiger partial charge in [-0.3, -0.25) is 4.90 Å². The van der Waals surface area contributed by atoms with Gasteiger partial charge in [0.15, 0.2) is 0 Å². The number of para-hydroxylation sites is 1. The van der Waals surface area contributed by atoms with Crippen LogP contribution in [0.15, 0.2) is 48.5 Å². The lowest BCUT2D eigenvalue weighted by Gasteiger charge is -2.34. The van der Waals surface area contributed by atoms with Gasteiger partial charge >= 0.3 is 0 Å². The topological polar surface area (TPSA) is 41.9 Å². The standard InChI is InChI=1S/C20H24FNO3.ClH/c1-15-5-2-3-8-19(15)25-14-18(23)12-22-9-10-24-20(13-22)16-6-4-7-17(21)11-16;/h2-8,11,18,20,23H,9-10,12-14H2,1H3;1H. The van der Waals surface area contributed by atoms with E-state index in [9.17, 15) is 9.50 Å². The Kier molecular flexibility index (Phi) is 7.85. The Morgan fingerprint density at radius 3 is 2.85 bits per heavy atom. The Labute approximate surface area is 160 Å². The molecule has 3 rings (SSSR count). The fourth-order valence-corrected chi connectivity index (χ4v) is 3.03. The molecular formula is C20H25ClFNO3. The number of aliphatic hydroxyl groups excluding tert-OH is 1. The maximum Gasteiger partial charge on any atom is 0.123 e. The summed E-state index contributed by atoms with van der Waals surface area (Å²) in [5.74, 6) is 0.533. The highest BCUT2D eigenvalue weighted by Crippen LogP contribution is 2.23. The van der Waals surface area contributed by atoms with Crippen molar-refractivity contribution in [1.29, 1.82) is 0 Å². The number of nitrogens with zero attached hydrogens (tertiary/aromatic N) is 1. The Morgan fingerprint density at radius 2 is 2.08 bits per heavy atom. The smallest absolute Gasteiger partial charge is 0.123 e. The monoisotopic (exact) mass is 381 g/mol. The number of aryl methyl sites for hydroxylation is 1. The van der Waals surface area contributed by atoms with Crippen LogP contribution in [0.25, 0.3) is 0 Å². The first-order chi connectivity index (χ1) is 12.1. The second-order valence-corrected chi connectivity index (χ2v) is 6.40. The zero-order valence-corrected chi connectivity index (χ0v) is 15.6. The molecule has 0 saturated carbocycles. The molecule has 4 nitrogen and oxygen atoms in total. The molecule has 1 heterocycles. The molecule has 0 radical (unpaired) electrons. The highest BCUT2D eigenvalue weighted by atomic mass is 35.5. The van der Waals surface area contributed by atoms with Crippen molar-refractivity contribution in [2.45, 2.75) is 19.1 Å². The van der Waals surface area contributed by atoms with Crippen LogP contribution in [0.2, 0.25) is 0 Å². The summed E-state index contributed by atoms with van der Waals surface area (Å²) in [4.78, 5) is 2.13. The van der Waals surface area contributed by atoms with Gasteiger partial charge in [-0.2, -0.15) is 0 Å². The summed E-state index contributed by atoms with van der Waals surface area (Å²) >= 11 is 0. The van der Waals surface area contributed by atoms with Gasteiger partial charge in [-0.25, -0.2) is 4.39 Å². The first kappa shape index (κ1) is 20.6. The molecule has 1 aliphatic rings. The lowest BCUT2D eigenvalue weighted by Crippen LogP contribution is -2.43. The molecule has 0 amide bonds. The summed E-state index contributed by atoms with van der Waals surface area (Å²) in [6, 6.07) is 14.2. The fraction of sp³-hybridized carbons (Fsp3) is 0.400. The average molecular weight is 382 g/mol. The molecule has 6 heteroatoms. The Morgan fingerprint density at radius 1 is 1.27 bits per heavy atom. The van der Waals surface area contributed by atoms with E-state index < -0.39 is 6.10 Å². The molecule has 2 unspecified atom stereocenters. The maximum absolute atomic E-state index is 13.4. The van der Waals surface area contributed by atoms with Crippen molar-refractivity contribution < 1.29 is 19.0 Å². The molecule has 1 saturated heterocycles. The van der Waals surface area contributed by atoms with Crippen molar-refractivity contribution >= 4 is 12.4 Å². The molecule has 1 N–H and O–H groups in total. The van der Waals surface area contributed by atoms with Crippen LogP contribution in [-0.4, -0.2) is 49.0 Å². The predicted octanol–water partition coefficient (Wildman–Crippen LogP) is 3.37. The van der Waals surface area contributed by atoms with E-state index in [4.69, 9.17) is 9.47 Å². The highest BCUT2D eigenvalue weighted by Gasteiger charge is 2.24. The van der Waals surface area contributed by atoms with Crippen molar-refractivity contribution in [3.05, 3.63) is 65.5 Å². The molecule has 2 aromatic rings. The molecule has 26 heavy (non-hydrogen) atoms. The molecule has 0 bridgehead atoms. The number of halogens is 2. The van der Waals surface area contributed by atoms with E-state index in [1.165, 1.54) is 12.1 Å². The Hall–Kier alpha value is -1.66. The van der Waals surface area contributed by atoms with E-state index in [1.807, 2.05) is 37.3 Å². The van der Waals surface area contributed by atoms with Crippen LogP contribution in [0.4, 0.5) is 4.39 Å². The maximum atomic E-state index is 13.4. The summed E-state index contributed by atoms with van der Waals surface area (Å²) in [7, 11) is 0. The van der Waals surface area contributed by atoms with Crippen LogP contribution < -0.4 is 4.74 Å². The Bertz CT molecular complexity index is 700. The van der Waals surface area contributed by atoms with E-state index in [-0.39, 0.29) is 30.9 Å². The summed E-state index contributed by atoms with van der Waals surface area (Å²) in [6.45, 7) is 4.66. The highest BCUT2D eigenvalue weighted by molar-refractivity contribution is 5.85. The number of β-amino-alcohol motifs (C(OH)–C–C–N with tert-alkyl or cyclic N) is 1. The molecule has 142 valence electrons. The normalized spacial score (nSPS) is 18.8. The van der Waals surface area contributed by atoms with Gasteiger partial charge in [-0.1, -0.05) is 30.3 Å². The van der Waals surface area contributed by atoms with E-state index in [0.29, 0.717) is 19.7 Å². The molecule has 1 aliphatic heterocycles. The minimum Gasteiger partial charge on any atom is -0.491 e. The summed E-state index contributed by atoms with van der Waals surface area (Å²) in [5.41, 5.74) is 1.88. The second-order valence-electron chi connectivity index (χ2n) is 6.40. The minimum absolute atomic E-state index is 0. The molecule has 2 aromatic carbocycles. The van der Waals surface area contributed by atoms with Crippen molar-refractivity contribution in [2.75, 3.05) is 32.8 Å². The molecule has 0 aromatic heterocycles. The van der Waals surface area contributed by atoms with Crippen LogP contribution in [0, 0.1) is 12.7 Å². The zero-order valence-electron chi connectivity index (χ0n) is 14.8. The third kappa shape index (κ3) is 5.68. The molecular weight excluding hydrogens is 357 g/mol. The van der Waals surface area contributed by atoms with Crippen LogP contribution in [0.1, 0.15) is 17.2 Å². The van der Waals surface area contributed by atoms with Gasteiger partial charge in [-0.05, 0) is 36.2 Å². The lowest BCUT2D eigenvalue weighted by atomic mass is 10.1. The van der Waals surface area contributed by atoms with Crippen LogP contribution >= 0.6 is 12.4 Å². The number of benzene rings is 2. The number of aliphatic hydroxyl groups is 1. The average Bonchev–Trinajstić information content (AvgIpc) is 2.61. The second kappa shape index (κ2) is 9.88. The van der Waals surface area contributed by atoms with Crippen molar-refractivity contribution in [3.8, 4) is 5.75 Å². The van der Waals surface area contributed by atoms with E-state index in [2.05, 4.69) is 4.90 Å². The molecule has 0 aliphatic carbocycles. The summed E-state index contributed by atoms with van der Waals surface area (Å²) in [5, 5.41) is 10.3. The third-order valence-corrected chi connectivity index (χ3v) is 4.36. The van der Waals surface area contributed by atoms with Gasteiger partial charge < -0.3 is 14.6 Å². The first-order valence-corrected chi connectivity index (χ1v) is 8.58. The van der Waals surface area contributed by atoms with Gasteiger partial charge in [0.05, 0.1) is 12.7 Å². The largest absolute Gasteiger partial charge is 0.491 e. The fourth-order valence-electron chi connectivity index (χ4n) is 3.03. The van der Waals surface area contributed by atoms with Crippen LogP contribution in [0.3, 0.4) is 0 Å². The van der Waals surface area contributed by atoms with E-state index in [1.54, 1.807) is 6.07 Å². The SMILES string of the molecule is Cc1ccccc1OCC(O)CN1CCOC(c2cccc(F)c2)C1.Cl. The molecule has 2 atom stereocenters. The number of hydrogen-bond donors (Lipinski definition) is 1.